The van der Waals surface area contributed by atoms with Crippen molar-refractivity contribution in [3.05, 3.63) is 63.3 Å². The van der Waals surface area contributed by atoms with E-state index in [2.05, 4.69) is 31.9 Å². The smallest absolute Gasteiger partial charge is 0.0486 e. The van der Waals surface area contributed by atoms with Gasteiger partial charge in [-0.3, -0.25) is 9.88 Å². The van der Waals surface area contributed by atoms with Crippen LogP contribution in [-0.2, 0) is 6.54 Å². The van der Waals surface area contributed by atoms with Gasteiger partial charge in [0.05, 0.1) is 0 Å². The fourth-order valence-corrected chi connectivity index (χ4v) is 2.83. The van der Waals surface area contributed by atoms with E-state index in [1.54, 1.807) is 6.20 Å². The highest BCUT2D eigenvalue weighted by atomic mass is 79.9. The van der Waals surface area contributed by atoms with Gasteiger partial charge in [-0.2, -0.15) is 0 Å². The Balaban J connectivity index is 2.21. The van der Waals surface area contributed by atoms with Gasteiger partial charge in [0.1, 0.15) is 0 Å². The van der Waals surface area contributed by atoms with Crippen LogP contribution in [0.1, 0.15) is 17.2 Å². The number of aromatic nitrogens is 1. The van der Waals surface area contributed by atoms with Crippen LogP contribution in [0.3, 0.4) is 0 Å². The molecule has 0 aliphatic carbocycles. The monoisotopic (exact) mass is 353 g/mol. The van der Waals surface area contributed by atoms with E-state index in [-0.39, 0.29) is 6.04 Å². The molecule has 0 bridgehead atoms. The van der Waals surface area contributed by atoms with Gasteiger partial charge in [0, 0.05) is 41.0 Å². The van der Waals surface area contributed by atoms with Crippen LogP contribution < -0.4 is 5.73 Å². The van der Waals surface area contributed by atoms with E-state index in [0.717, 1.165) is 27.2 Å². The fraction of sp³-hybridized carbons (Fsp3) is 0.267. The number of nitrogens with zero attached hydrogens (tertiary/aromatic N) is 2. The predicted octanol–water partition coefficient (Wildman–Crippen LogP) is 3.63. The molecule has 0 aliphatic rings. The molecule has 5 heteroatoms. The van der Waals surface area contributed by atoms with Crippen LogP contribution in [0.2, 0.25) is 5.02 Å². The first-order valence-corrected chi connectivity index (χ1v) is 7.53. The van der Waals surface area contributed by atoms with E-state index in [9.17, 15) is 0 Å². The number of rotatable bonds is 5. The number of halogens is 2. The van der Waals surface area contributed by atoms with Gasteiger partial charge < -0.3 is 5.73 Å². The molecule has 1 atom stereocenters. The minimum absolute atomic E-state index is 0.0696. The van der Waals surface area contributed by atoms with Gasteiger partial charge in [0.15, 0.2) is 0 Å². The van der Waals surface area contributed by atoms with Gasteiger partial charge in [-0.25, -0.2) is 0 Å². The Labute approximate surface area is 132 Å². The quantitative estimate of drug-likeness (QED) is 0.891. The lowest BCUT2D eigenvalue weighted by molar-refractivity contribution is 0.241. The Morgan fingerprint density at radius 3 is 2.85 bits per heavy atom. The maximum Gasteiger partial charge on any atom is 0.0486 e. The van der Waals surface area contributed by atoms with Crippen LogP contribution in [0.25, 0.3) is 0 Å². The molecule has 0 amide bonds. The Morgan fingerprint density at radius 2 is 2.20 bits per heavy atom. The van der Waals surface area contributed by atoms with Crippen molar-refractivity contribution in [2.75, 3.05) is 13.6 Å². The molecule has 0 fully saturated rings. The number of hydrogen-bond acceptors (Lipinski definition) is 3. The molecule has 2 N–H and O–H groups in total. The summed E-state index contributed by atoms with van der Waals surface area (Å²) in [6, 6.07) is 9.91. The molecule has 1 aromatic heterocycles. The third kappa shape index (κ3) is 3.79. The standard InChI is InChI=1S/C15H17BrClN3/c1-20(10-11-3-2-6-19-9-11)15(8-18)13-7-12(16)4-5-14(13)17/h2-7,9,15H,8,10,18H2,1H3. The fourth-order valence-electron chi connectivity index (χ4n) is 2.20. The first kappa shape index (κ1) is 15.4. The van der Waals surface area contributed by atoms with Crippen LogP contribution in [0, 0.1) is 0 Å². The number of hydrogen-bond donors (Lipinski definition) is 1. The molecule has 2 rings (SSSR count). The van der Waals surface area contributed by atoms with E-state index in [1.807, 2.05) is 37.5 Å². The van der Waals surface area contributed by atoms with E-state index in [0.29, 0.717) is 6.54 Å². The van der Waals surface area contributed by atoms with E-state index >= 15 is 0 Å². The lowest BCUT2D eigenvalue weighted by atomic mass is 10.1. The molecular formula is C15H17BrClN3. The number of benzene rings is 1. The van der Waals surface area contributed by atoms with Crippen molar-refractivity contribution in [3.8, 4) is 0 Å². The molecule has 1 aromatic carbocycles. The molecule has 0 saturated heterocycles. The first-order valence-electron chi connectivity index (χ1n) is 6.36. The Kier molecular flexibility index (Phi) is 5.54. The molecule has 0 radical (unpaired) electrons. The van der Waals surface area contributed by atoms with Crippen LogP contribution in [0.5, 0.6) is 0 Å². The summed E-state index contributed by atoms with van der Waals surface area (Å²) in [5, 5.41) is 0.738. The molecule has 106 valence electrons. The minimum atomic E-state index is 0.0696. The minimum Gasteiger partial charge on any atom is -0.329 e. The second-order valence-electron chi connectivity index (χ2n) is 4.69. The maximum atomic E-state index is 6.30. The average Bonchev–Trinajstić information content (AvgIpc) is 2.44. The zero-order chi connectivity index (χ0) is 14.5. The highest BCUT2D eigenvalue weighted by Crippen LogP contribution is 2.29. The summed E-state index contributed by atoms with van der Waals surface area (Å²) in [7, 11) is 2.04. The third-order valence-electron chi connectivity index (χ3n) is 3.23. The average molecular weight is 355 g/mol. The van der Waals surface area contributed by atoms with Crippen molar-refractivity contribution in [3.63, 3.8) is 0 Å². The number of nitrogens with two attached hydrogens (primary N) is 1. The van der Waals surface area contributed by atoms with Gasteiger partial charge in [-0.15, -0.1) is 0 Å². The highest BCUT2D eigenvalue weighted by Gasteiger charge is 2.18. The number of likely N-dealkylation sites (N-methyl/N-ethyl adjacent to an activating group) is 1. The summed E-state index contributed by atoms with van der Waals surface area (Å²) in [6.07, 6.45) is 3.64. The van der Waals surface area contributed by atoms with Gasteiger partial charge in [-0.1, -0.05) is 33.6 Å². The van der Waals surface area contributed by atoms with Gasteiger partial charge in [-0.05, 0) is 42.4 Å². The zero-order valence-electron chi connectivity index (χ0n) is 11.3. The molecule has 3 nitrogen and oxygen atoms in total. The summed E-state index contributed by atoms with van der Waals surface area (Å²) in [4.78, 5) is 6.32. The zero-order valence-corrected chi connectivity index (χ0v) is 13.6. The summed E-state index contributed by atoms with van der Waals surface area (Å²) >= 11 is 9.78. The van der Waals surface area contributed by atoms with Crippen LogP contribution in [-0.4, -0.2) is 23.5 Å². The van der Waals surface area contributed by atoms with Crippen LogP contribution in [0.4, 0.5) is 0 Å². The van der Waals surface area contributed by atoms with E-state index in [4.69, 9.17) is 17.3 Å². The van der Waals surface area contributed by atoms with Crippen LogP contribution >= 0.6 is 27.5 Å². The molecule has 20 heavy (non-hydrogen) atoms. The molecule has 2 aromatic rings. The molecule has 1 unspecified atom stereocenters. The largest absolute Gasteiger partial charge is 0.329 e. The first-order chi connectivity index (χ1) is 9.61. The van der Waals surface area contributed by atoms with Gasteiger partial charge >= 0.3 is 0 Å². The molecule has 0 saturated carbocycles. The van der Waals surface area contributed by atoms with Gasteiger partial charge in [0.2, 0.25) is 0 Å². The molecule has 0 aliphatic heterocycles. The topological polar surface area (TPSA) is 42.2 Å². The second kappa shape index (κ2) is 7.18. The SMILES string of the molecule is CN(Cc1cccnc1)C(CN)c1cc(Br)ccc1Cl. The predicted molar refractivity (Wildman–Crippen MR) is 86.7 cm³/mol. The summed E-state index contributed by atoms with van der Waals surface area (Å²) in [5.41, 5.74) is 8.14. The lowest BCUT2D eigenvalue weighted by Crippen LogP contribution is -2.30. The van der Waals surface area contributed by atoms with Crippen molar-refractivity contribution in [2.45, 2.75) is 12.6 Å². The molecule has 0 spiro atoms. The van der Waals surface area contributed by atoms with Crippen molar-refractivity contribution >= 4 is 27.5 Å². The summed E-state index contributed by atoms with van der Waals surface area (Å²) in [5.74, 6) is 0. The Bertz CT molecular complexity index is 562. The van der Waals surface area contributed by atoms with Crippen molar-refractivity contribution in [1.82, 2.24) is 9.88 Å². The second-order valence-corrected chi connectivity index (χ2v) is 6.02. The molecule has 1 heterocycles. The molecular weight excluding hydrogens is 338 g/mol. The maximum absolute atomic E-state index is 6.30. The summed E-state index contributed by atoms with van der Waals surface area (Å²) < 4.78 is 1.00. The Morgan fingerprint density at radius 1 is 1.40 bits per heavy atom. The van der Waals surface area contributed by atoms with Gasteiger partial charge in [0.25, 0.3) is 0 Å². The summed E-state index contributed by atoms with van der Waals surface area (Å²) in [6.45, 7) is 1.28. The van der Waals surface area contributed by atoms with Crippen molar-refractivity contribution < 1.29 is 0 Å². The highest BCUT2D eigenvalue weighted by molar-refractivity contribution is 9.10. The van der Waals surface area contributed by atoms with Crippen molar-refractivity contribution in [1.29, 1.82) is 0 Å². The third-order valence-corrected chi connectivity index (χ3v) is 4.06. The van der Waals surface area contributed by atoms with Crippen molar-refractivity contribution in [2.24, 2.45) is 5.73 Å². The van der Waals surface area contributed by atoms with Crippen LogP contribution in [0.15, 0.2) is 47.2 Å². The Hall–Kier alpha value is -0.940. The normalized spacial score (nSPS) is 12.7. The lowest BCUT2D eigenvalue weighted by Gasteiger charge is -2.28. The number of pyridine rings is 1. The van der Waals surface area contributed by atoms with E-state index in [1.165, 1.54) is 0 Å². The van der Waals surface area contributed by atoms with E-state index < -0.39 is 0 Å².